The quantitative estimate of drug-likeness (QED) is 0.372. The van der Waals surface area contributed by atoms with Gasteiger partial charge in [-0.05, 0) is 0 Å². The zero-order valence-corrected chi connectivity index (χ0v) is 7.52. The van der Waals surface area contributed by atoms with Crippen LogP contribution >= 0.6 is 0 Å². The molecular weight excluding hydrogens is 176 g/mol. The van der Waals surface area contributed by atoms with Crippen molar-refractivity contribution in [1.82, 2.24) is 0 Å². The highest BCUT2D eigenvalue weighted by Gasteiger charge is 2.38. The maximum atomic E-state index is 8.42. The van der Waals surface area contributed by atoms with Gasteiger partial charge in [0.25, 0.3) is 0 Å². The molecule has 0 aromatic heterocycles. The Morgan fingerprint density at radius 2 is 1.38 bits per heavy atom. The van der Waals surface area contributed by atoms with E-state index in [1.54, 1.807) is 0 Å². The van der Waals surface area contributed by atoms with E-state index in [-0.39, 0.29) is 25.4 Å². The summed E-state index contributed by atoms with van der Waals surface area (Å²) in [5, 5.41) is 16.8. The summed E-state index contributed by atoms with van der Waals surface area (Å²) in [5.74, 6) is 0. The first-order chi connectivity index (χ1) is 6.38. The first kappa shape index (κ1) is 10.9. The number of hydrogen-bond acceptors (Lipinski definition) is 5. The summed E-state index contributed by atoms with van der Waals surface area (Å²) >= 11 is 0. The Hall–Kier alpha value is -0.200. The Morgan fingerprint density at radius 3 is 1.77 bits per heavy atom. The van der Waals surface area contributed by atoms with Gasteiger partial charge < -0.3 is 24.4 Å². The fourth-order valence-electron chi connectivity index (χ4n) is 1.00. The van der Waals surface area contributed by atoms with Gasteiger partial charge in [0.2, 0.25) is 0 Å². The molecule has 0 radical (unpaired) electrons. The van der Waals surface area contributed by atoms with Gasteiger partial charge in [0, 0.05) is 0 Å². The topological polar surface area (TPSA) is 71.5 Å². The lowest BCUT2D eigenvalue weighted by Crippen LogP contribution is -2.12. The maximum Gasteiger partial charge on any atom is 0.110 e. The second kappa shape index (κ2) is 6.28. The zero-order valence-electron chi connectivity index (χ0n) is 7.52. The van der Waals surface area contributed by atoms with Gasteiger partial charge in [0.1, 0.15) is 12.2 Å². The standard InChI is InChI=1S/C8H16O5/c9-1-3-11-5-7-8(13-7)6-12-4-2-10/h7-10H,1-6H2. The first-order valence-electron chi connectivity index (χ1n) is 4.41. The molecule has 0 aliphatic carbocycles. The predicted octanol–water partition coefficient (Wildman–Crippen LogP) is -1.23. The van der Waals surface area contributed by atoms with Gasteiger partial charge in [-0.3, -0.25) is 0 Å². The van der Waals surface area contributed by atoms with Crippen molar-refractivity contribution in [3.8, 4) is 0 Å². The van der Waals surface area contributed by atoms with Crippen molar-refractivity contribution in [3.05, 3.63) is 0 Å². The Bertz CT molecular complexity index is 116. The molecule has 1 fully saturated rings. The van der Waals surface area contributed by atoms with Crippen LogP contribution in [0.25, 0.3) is 0 Å². The normalized spacial score (nSPS) is 26.3. The summed E-state index contributed by atoms with van der Waals surface area (Å²) in [6, 6.07) is 0. The van der Waals surface area contributed by atoms with Crippen molar-refractivity contribution in [2.45, 2.75) is 12.2 Å². The molecule has 2 N–H and O–H groups in total. The van der Waals surface area contributed by atoms with Crippen molar-refractivity contribution in [2.75, 3.05) is 39.6 Å². The molecule has 1 aliphatic rings. The predicted molar refractivity (Wildman–Crippen MR) is 44.5 cm³/mol. The number of aliphatic hydroxyl groups is 2. The van der Waals surface area contributed by atoms with Crippen LogP contribution in [0.4, 0.5) is 0 Å². The molecular formula is C8H16O5. The van der Waals surface area contributed by atoms with Crippen LogP contribution in [-0.4, -0.2) is 62.1 Å². The average Bonchev–Trinajstić information content (AvgIpc) is 2.85. The fourth-order valence-corrected chi connectivity index (χ4v) is 1.00. The van der Waals surface area contributed by atoms with E-state index in [0.717, 1.165) is 0 Å². The summed E-state index contributed by atoms with van der Waals surface area (Å²) < 4.78 is 15.3. The molecule has 1 saturated heterocycles. The molecule has 2 atom stereocenters. The minimum absolute atomic E-state index is 0.0401. The van der Waals surface area contributed by atoms with E-state index in [0.29, 0.717) is 26.4 Å². The van der Waals surface area contributed by atoms with Crippen LogP contribution in [0.2, 0.25) is 0 Å². The number of ether oxygens (including phenoxy) is 3. The average molecular weight is 192 g/mol. The van der Waals surface area contributed by atoms with E-state index in [2.05, 4.69) is 0 Å². The Labute approximate surface area is 77.2 Å². The fraction of sp³-hybridized carbons (Fsp3) is 1.00. The Balaban J connectivity index is 1.85. The highest BCUT2D eigenvalue weighted by Crippen LogP contribution is 2.22. The monoisotopic (exact) mass is 192 g/mol. The number of epoxide rings is 1. The highest BCUT2D eigenvalue weighted by molar-refractivity contribution is 4.84. The minimum Gasteiger partial charge on any atom is -0.394 e. The van der Waals surface area contributed by atoms with Gasteiger partial charge in [-0.2, -0.15) is 0 Å². The maximum absolute atomic E-state index is 8.42. The first-order valence-corrected chi connectivity index (χ1v) is 4.41. The Morgan fingerprint density at radius 1 is 0.923 bits per heavy atom. The van der Waals surface area contributed by atoms with E-state index in [4.69, 9.17) is 24.4 Å². The lowest BCUT2D eigenvalue weighted by Gasteiger charge is -1.98. The van der Waals surface area contributed by atoms with Gasteiger partial charge in [-0.25, -0.2) is 0 Å². The second-order valence-corrected chi connectivity index (χ2v) is 2.81. The van der Waals surface area contributed by atoms with Crippen LogP contribution in [0.1, 0.15) is 0 Å². The van der Waals surface area contributed by atoms with Crippen LogP contribution in [0, 0.1) is 0 Å². The van der Waals surface area contributed by atoms with Crippen LogP contribution in [0.3, 0.4) is 0 Å². The van der Waals surface area contributed by atoms with Gasteiger partial charge in [0.15, 0.2) is 0 Å². The number of rotatable bonds is 8. The molecule has 2 unspecified atom stereocenters. The highest BCUT2D eigenvalue weighted by atomic mass is 16.6. The van der Waals surface area contributed by atoms with Crippen molar-refractivity contribution in [2.24, 2.45) is 0 Å². The van der Waals surface area contributed by atoms with E-state index < -0.39 is 0 Å². The smallest absolute Gasteiger partial charge is 0.110 e. The summed E-state index contributed by atoms with van der Waals surface area (Å²) in [4.78, 5) is 0. The van der Waals surface area contributed by atoms with Crippen molar-refractivity contribution >= 4 is 0 Å². The summed E-state index contributed by atoms with van der Waals surface area (Å²) in [5.41, 5.74) is 0. The van der Waals surface area contributed by atoms with Gasteiger partial charge in [-0.1, -0.05) is 0 Å². The number of hydrogen-bond donors (Lipinski definition) is 2. The van der Waals surface area contributed by atoms with E-state index >= 15 is 0 Å². The lowest BCUT2D eigenvalue weighted by atomic mass is 10.3. The molecule has 0 amide bonds. The molecule has 0 aromatic carbocycles. The molecule has 5 nitrogen and oxygen atoms in total. The summed E-state index contributed by atoms with van der Waals surface area (Å²) in [6.07, 6.45) is 0.204. The zero-order chi connectivity index (χ0) is 9.52. The second-order valence-electron chi connectivity index (χ2n) is 2.81. The SMILES string of the molecule is OCCOCC1OC1COCCO. The molecule has 1 aliphatic heterocycles. The molecule has 13 heavy (non-hydrogen) atoms. The third-order valence-electron chi connectivity index (χ3n) is 1.72. The van der Waals surface area contributed by atoms with Crippen molar-refractivity contribution in [3.63, 3.8) is 0 Å². The molecule has 1 heterocycles. The third-order valence-corrected chi connectivity index (χ3v) is 1.72. The van der Waals surface area contributed by atoms with Crippen LogP contribution in [-0.2, 0) is 14.2 Å². The molecule has 5 heteroatoms. The molecule has 0 spiro atoms. The van der Waals surface area contributed by atoms with E-state index in [9.17, 15) is 0 Å². The Kier molecular flexibility index (Phi) is 5.26. The van der Waals surface area contributed by atoms with Crippen molar-refractivity contribution in [1.29, 1.82) is 0 Å². The molecule has 1 rings (SSSR count). The van der Waals surface area contributed by atoms with Crippen LogP contribution in [0.15, 0.2) is 0 Å². The third kappa shape index (κ3) is 4.54. The summed E-state index contributed by atoms with van der Waals surface area (Å²) in [6.45, 7) is 1.80. The van der Waals surface area contributed by atoms with Crippen molar-refractivity contribution < 1.29 is 24.4 Å². The van der Waals surface area contributed by atoms with Crippen LogP contribution in [0.5, 0.6) is 0 Å². The van der Waals surface area contributed by atoms with Crippen LogP contribution < -0.4 is 0 Å². The van der Waals surface area contributed by atoms with Gasteiger partial charge in [-0.15, -0.1) is 0 Å². The number of aliphatic hydroxyl groups excluding tert-OH is 2. The molecule has 0 aromatic rings. The molecule has 78 valence electrons. The minimum atomic E-state index is 0.0401. The largest absolute Gasteiger partial charge is 0.394 e. The molecule has 0 saturated carbocycles. The van der Waals surface area contributed by atoms with Gasteiger partial charge >= 0.3 is 0 Å². The van der Waals surface area contributed by atoms with Gasteiger partial charge in [0.05, 0.1) is 39.6 Å². The summed E-state index contributed by atoms with van der Waals surface area (Å²) in [7, 11) is 0. The molecule has 0 bridgehead atoms. The van der Waals surface area contributed by atoms with E-state index in [1.165, 1.54) is 0 Å². The lowest BCUT2D eigenvalue weighted by molar-refractivity contribution is 0.0808. The van der Waals surface area contributed by atoms with E-state index in [1.807, 2.05) is 0 Å².